The van der Waals surface area contributed by atoms with Gasteiger partial charge in [0.15, 0.2) is 0 Å². The predicted molar refractivity (Wildman–Crippen MR) is 81.2 cm³/mol. The number of methoxy groups -OCH3 is 1. The molecule has 1 aliphatic carbocycles. The molecule has 2 heterocycles. The number of carbonyl (C=O) groups is 1. The van der Waals surface area contributed by atoms with Crippen molar-refractivity contribution in [1.29, 1.82) is 0 Å². The van der Waals surface area contributed by atoms with Gasteiger partial charge in [0.2, 0.25) is 0 Å². The molecule has 1 amide bonds. The van der Waals surface area contributed by atoms with Gasteiger partial charge in [0.25, 0.3) is 5.91 Å². The number of ether oxygens (including phenoxy) is 1. The van der Waals surface area contributed by atoms with Crippen LogP contribution in [0.3, 0.4) is 0 Å². The van der Waals surface area contributed by atoms with Gasteiger partial charge < -0.3 is 14.6 Å². The lowest BCUT2D eigenvalue weighted by atomic mass is 10.1. The standard InChI is InChI=1S/C15H19N3O2S/c1-18-8-7-16-14(18)13(10-3-4-10)17-15(19)12-6-5-11(21-12)9-20-2/h5-8,10,13H,3-4,9H2,1-2H3,(H,17,19)/t13-/m1/s1. The van der Waals surface area contributed by atoms with Crippen molar-refractivity contribution in [3.8, 4) is 0 Å². The van der Waals surface area contributed by atoms with E-state index in [2.05, 4.69) is 10.3 Å². The molecule has 21 heavy (non-hydrogen) atoms. The minimum Gasteiger partial charge on any atom is -0.379 e. The topological polar surface area (TPSA) is 56.1 Å². The Morgan fingerprint density at radius 3 is 3.00 bits per heavy atom. The van der Waals surface area contributed by atoms with E-state index in [0.29, 0.717) is 12.5 Å². The van der Waals surface area contributed by atoms with Gasteiger partial charge in [0, 0.05) is 31.4 Å². The van der Waals surface area contributed by atoms with Crippen LogP contribution in [0.4, 0.5) is 0 Å². The zero-order valence-electron chi connectivity index (χ0n) is 12.2. The fraction of sp³-hybridized carbons (Fsp3) is 0.467. The SMILES string of the molecule is COCc1ccc(C(=O)N[C@@H](c2nccn2C)C2CC2)s1. The summed E-state index contributed by atoms with van der Waals surface area (Å²) in [6.07, 6.45) is 5.99. The molecule has 0 bridgehead atoms. The van der Waals surface area contributed by atoms with Crippen LogP contribution < -0.4 is 5.32 Å². The molecule has 2 aromatic heterocycles. The molecule has 1 N–H and O–H groups in total. The fourth-order valence-corrected chi connectivity index (χ4v) is 3.31. The second kappa shape index (κ2) is 5.99. The van der Waals surface area contributed by atoms with Gasteiger partial charge in [0.1, 0.15) is 5.82 Å². The fourth-order valence-electron chi connectivity index (χ4n) is 2.43. The molecule has 1 aliphatic rings. The van der Waals surface area contributed by atoms with Crippen LogP contribution >= 0.6 is 11.3 Å². The summed E-state index contributed by atoms with van der Waals surface area (Å²) in [5.74, 6) is 1.41. The van der Waals surface area contributed by atoms with Crippen LogP contribution in [0.2, 0.25) is 0 Å². The monoisotopic (exact) mass is 305 g/mol. The normalized spacial score (nSPS) is 15.9. The lowest BCUT2D eigenvalue weighted by molar-refractivity contribution is 0.0933. The van der Waals surface area contributed by atoms with Gasteiger partial charge in [-0.2, -0.15) is 0 Å². The highest BCUT2D eigenvalue weighted by atomic mass is 32.1. The third-order valence-electron chi connectivity index (χ3n) is 3.69. The number of nitrogens with zero attached hydrogens (tertiary/aromatic N) is 2. The minimum absolute atomic E-state index is 0.00507. The van der Waals surface area contributed by atoms with Gasteiger partial charge in [-0.25, -0.2) is 4.98 Å². The van der Waals surface area contributed by atoms with E-state index in [4.69, 9.17) is 4.74 Å². The van der Waals surface area contributed by atoms with Crippen molar-refractivity contribution in [2.45, 2.75) is 25.5 Å². The molecule has 0 aliphatic heterocycles. The highest BCUT2D eigenvalue weighted by molar-refractivity contribution is 7.14. The number of carbonyl (C=O) groups excluding carboxylic acids is 1. The molecule has 112 valence electrons. The molecule has 0 unspecified atom stereocenters. The maximum Gasteiger partial charge on any atom is 0.261 e. The summed E-state index contributed by atoms with van der Waals surface area (Å²) in [7, 11) is 3.62. The second-order valence-electron chi connectivity index (χ2n) is 5.38. The van der Waals surface area contributed by atoms with Gasteiger partial charge in [-0.1, -0.05) is 0 Å². The van der Waals surface area contributed by atoms with E-state index in [9.17, 15) is 4.79 Å². The first-order valence-electron chi connectivity index (χ1n) is 7.04. The third kappa shape index (κ3) is 3.16. The predicted octanol–water partition coefficient (Wildman–Crippen LogP) is 2.51. The van der Waals surface area contributed by atoms with Crippen LogP contribution in [0.1, 0.15) is 39.3 Å². The number of imidazole rings is 1. The Labute approximate surface area is 128 Å². The first-order chi connectivity index (χ1) is 10.2. The highest BCUT2D eigenvalue weighted by Crippen LogP contribution is 2.40. The summed E-state index contributed by atoms with van der Waals surface area (Å²) < 4.78 is 7.07. The molecular weight excluding hydrogens is 286 g/mol. The molecule has 3 rings (SSSR count). The number of aryl methyl sites for hydroxylation is 1. The smallest absolute Gasteiger partial charge is 0.261 e. The van der Waals surface area contributed by atoms with Crippen LogP contribution in [0.25, 0.3) is 0 Å². The molecule has 0 aromatic carbocycles. The Morgan fingerprint density at radius 2 is 2.38 bits per heavy atom. The Kier molecular flexibility index (Phi) is 4.07. The van der Waals surface area contributed by atoms with E-state index in [1.54, 1.807) is 13.3 Å². The number of thiophene rings is 1. The lowest BCUT2D eigenvalue weighted by Crippen LogP contribution is -2.31. The number of hydrogen-bond acceptors (Lipinski definition) is 4. The maximum atomic E-state index is 12.4. The minimum atomic E-state index is -0.0257. The van der Waals surface area contributed by atoms with Gasteiger partial charge in [0.05, 0.1) is 17.5 Å². The van der Waals surface area contributed by atoms with Crippen LogP contribution in [0.5, 0.6) is 0 Å². The second-order valence-corrected chi connectivity index (χ2v) is 6.55. The zero-order chi connectivity index (χ0) is 14.8. The van der Waals surface area contributed by atoms with Crippen molar-refractivity contribution in [2.24, 2.45) is 13.0 Å². The van der Waals surface area contributed by atoms with E-state index in [1.807, 2.05) is 29.9 Å². The molecule has 1 atom stereocenters. The molecule has 6 heteroatoms. The molecule has 1 saturated carbocycles. The highest BCUT2D eigenvalue weighted by Gasteiger charge is 2.36. The average Bonchev–Trinajstić information content (AvgIpc) is 3.05. The van der Waals surface area contributed by atoms with Gasteiger partial charge >= 0.3 is 0 Å². The van der Waals surface area contributed by atoms with E-state index < -0.39 is 0 Å². The summed E-state index contributed by atoms with van der Waals surface area (Å²) in [4.78, 5) is 18.6. The van der Waals surface area contributed by atoms with Crippen LogP contribution in [0.15, 0.2) is 24.5 Å². The molecular formula is C15H19N3O2S. The number of aromatic nitrogens is 2. The van der Waals surface area contributed by atoms with Crippen LogP contribution in [-0.4, -0.2) is 22.6 Å². The van der Waals surface area contributed by atoms with Crippen molar-refractivity contribution in [1.82, 2.24) is 14.9 Å². The van der Waals surface area contributed by atoms with E-state index in [0.717, 1.165) is 28.4 Å². The summed E-state index contributed by atoms with van der Waals surface area (Å²) in [6, 6.07) is 3.80. The molecule has 1 fully saturated rings. The van der Waals surface area contributed by atoms with Crippen molar-refractivity contribution in [3.05, 3.63) is 40.1 Å². The zero-order valence-corrected chi connectivity index (χ0v) is 13.0. The quantitative estimate of drug-likeness (QED) is 0.892. The molecule has 5 nitrogen and oxygen atoms in total. The number of amides is 1. The number of nitrogens with one attached hydrogen (secondary N) is 1. The largest absolute Gasteiger partial charge is 0.379 e. The number of hydrogen-bond donors (Lipinski definition) is 1. The Balaban J connectivity index is 1.73. The summed E-state index contributed by atoms with van der Waals surface area (Å²) in [5.41, 5.74) is 0. The summed E-state index contributed by atoms with van der Waals surface area (Å²) >= 11 is 1.48. The van der Waals surface area contributed by atoms with Crippen molar-refractivity contribution < 1.29 is 9.53 Å². The summed E-state index contributed by atoms with van der Waals surface area (Å²) in [6.45, 7) is 0.545. The van der Waals surface area contributed by atoms with Gasteiger partial charge in [-0.3, -0.25) is 4.79 Å². The molecule has 0 saturated heterocycles. The molecule has 0 radical (unpaired) electrons. The average molecular weight is 305 g/mol. The maximum absolute atomic E-state index is 12.4. The van der Waals surface area contributed by atoms with E-state index >= 15 is 0 Å². The Bertz CT molecular complexity index is 630. The first-order valence-corrected chi connectivity index (χ1v) is 7.86. The summed E-state index contributed by atoms with van der Waals surface area (Å²) in [5, 5.41) is 3.14. The van der Waals surface area contributed by atoms with Crippen molar-refractivity contribution in [2.75, 3.05) is 7.11 Å². The van der Waals surface area contributed by atoms with Crippen molar-refractivity contribution in [3.63, 3.8) is 0 Å². The number of rotatable bonds is 6. The molecule has 0 spiro atoms. The Hall–Kier alpha value is -1.66. The van der Waals surface area contributed by atoms with Crippen LogP contribution in [0, 0.1) is 5.92 Å². The van der Waals surface area contributed by atoms with Crippen molar-refractivity contribution >= 4 is 17.2 Å². The third-order valence-corrected chi connectivity index (χ3v) is 4.75. The van der Waals surface area contributed by atoms with Gasteiger partial charge in [-0.05, 0) is 30.9 Å². The van der Waals surface area contributed by atoms with E-state index in [-0.39, 0.29) is 11.9 Å². The molecule has 2 aromatic rings. The Morgan fingerprint density at radius 1 is 1.57 bits per heavy atom. The van der Waals surface area contributed by atoms with E-state index in [1.165, 1.54) is 11.3 Å². The van der Waals surface area contributed by atoms with Gasteiger partial charge in [-0.15, -0.1) is 11.3 Å². The van der Waals surface area contributed by atoms with Crippen LogP contribution in [-0.2, 0) is 18.4 Å². The lowest BCUT2D eigenvalue weighted by Gasteiger charge is -2.17. The first kappa shape index (κ1) is 14.3.